The van der Waals surface area contributed by atoms with Gasteiger partial charge in [0, 0.05) is 12.6 Å². The van der Waals surface area contributed by atoms with Crippen LogP contribution in [0.2, 0.25) is 0 Å². The number of nitrogens with zero attached hydrogens (tertiary/aromatic N) is 1. The van der Waals surface area contributed by atoms with Gasteiger partial charge in [0.15, 0.2) is 5.69 Å². The zero-order valence-corrected chi connectivity index (χ0v) is 12.4. The first-order valence-corrected chi connectivity index (χ1v) is 6.67. The molecule has 1 amide bonds. The number of hydrogen-bond donors (Lipinski definition) is 2. The van der Waals surface area contributed by atoms with Crippen LogP contribution < -0.4 is 5.32 Å². The summed E-state index contributed by atoms with van der Waals surface area (Å²) in [6.07, 6.45) is 2.69. The first-order valence-electron chi connectivity index (χ1n) is 6.67. The SMILES string of the molecule is CC(CC(=O)Nc1cccnc1C(=O)O)CC(C)(C)C. The summed E-state index contributed by atoms with van der Waals surface area (Å²) >= 11 is 0. The minimum Gasteiger partial charge on any atom is -0.476 e. The standard InChI is InChI=1S/C15H22N2O3/c1-10(9-15(2,3)4)8-12(18)17-11-6-5-7-16-13(11)14(19)20/h5-7,10H,8-9H2,1-4H3,(H,17,18)(H,19,20). The summed E-state index contributed by atoms with van der Waals surface area (Å²) in [7, 11) is 0. The summed E-state index contributed by atoms with van der Waals surface area (Å²) in [4.78, 5) is 26.7. The predicted molar refractivity (Wildman–Crippen MR) is 77.7 cm³/mol. The highest BCUT2D eigenvalue weighted by molar-refractivity contribution is 5.99. The minimum absolute atomic E-state index is 0.135. The number of carbonyl (C=O) groups is 2. The Morgan fingerprint density at radius 1 is 1.40 bits per heavy atom. The van der Waals surface area contributed by atoms with E-state index in [4.69, 9.17) is 5.11 Å². The van der Waals surface area contributed by atoms with Gasteiger partial charge in [0.05, 0.1) is 5.69 Å². The molecule has 2 N–H and O–H groups in total. The molecule has 0 spiro atoms. The van der Waals surface area contributed by atoms with Gasteiger partial charge < -0.3 is 10.4 Å². The fourth-order valence-electron chi connectivity index (χ4n) is 2.31. The number of aromatic carboxylic acids is 1. The number of carboxylic acid groups (broad SMARTS) is 1. The number of aromatic nitrogens is 1. The Labute approximate surface area is 119 Å². The number of pyridine rings is 1. The summed E-state index contributed by atoms with van der Waals surface area (Å²) in [5.41, 5.74) is 0.275. The summed E-state index contributed by atoms with van der Waals surface area (Å²) in [5.74, 6) is -1.10. The summed E-state index contributed by atoms with van der Waals surface area (Å²) in [5, 5.41) is 11.6. The fourth-order valence-corrected chi connectivity index (χ4v) is 2.31. The van der Waals surface area contributed by atoms with Gasteiger partial charge in [0.25, 0.3) is 0 Å². The maximum Gasteiger partial charge on any atom is 0.356 e. The van der Waals surface area contributed by atoms with E-state index in [2.05, 4.69) is 31.1 Å². The van der Waals surface area contributed by atoms with Crippen LogP contribution >= 0.6 is 0 Å². The van der Waals surface area contributed by atoms with Crippen molar-refractivity contribution in [2.45, 2.75) is 40.5 Å². The lowest BCUT2D eigenvalue weighted by Crippen LogP contribution is -2.20. The van der Waals surface area contributed by atoms with E-state index < -0.39 is 5.97 Å². The molecule has 0 fully saturated rings. The Morgan fingerprint density at radius 3 is 2.60 bits per heavy atom. The van der Waals surface area contributed by atoms with Gasteiger partial charge in [-0.1, -0.05) is 27.7 Å². The van der Waals surface area contributed by atoms with E-state index in [0.717, 1.165) is 6.42 Å². The van der Waals surface area contributed by atoms with E-state index in [0.29, 0.717) is 6.42 Å². The van der Waals surface area contributed by atoms with Crippen LogP contribution in [0.3, 0.4) is 0 Å². The molecule has 1 heterocycles. The van der Waals surface area contributed by atoms with Crippen LogP contribution in [0.25, 0.3) is 0 Å². The lowest BCUT2D eigenvalue weighted by atomic mass is 9.84. The molecule has 0 aromatic carbocycles. The number of amides is 1. The second kappa shape index (κ2) is 6.50. The normalized spacial score (nSPS) is 12.8. The molecule has 110 valence electrons. The molecular formula is C15H22N2O3. The van der Waals surface area contributed by atoms with Gasteiger partial charge in [0.1, 0.15) is 0 Å². The Kier molecular flexibility index (Phi) is 5.25. The molecule has 1 rings (SSSR count). The van der Waals surface area contributed by atoms with Crippen molar-refractivity contribution in [1.29, 1.82) is 0 Å². The predicted octanol–water partition coefficient (Wildman–Crippen LogP) is 3.18. The van der Waals surface area contributed by atoms with E-state index in [-0.39, 0.29) is 28.6 Å². The second-order valence-corrected chi connectivity index (χ2v) is 6.33. The van der Waals surface area contributed by atoms with Crippen molar-refractivity contribution in [3.05, 3.63) is 24.0 Å². The van der Waals surface area contributed by atoms with Gasteiger partial charge in [-0.3, -0.25) is 4.79 Å². The number of anilines is 1. The topological polar surface area (TPSA) is 79.3 Å². The zero-order valence-electron chi connectivity index (χ0n) is 12.4. The lowest BCUT2D eigenvalue weighted by molar-refractivity contribution is -0.117. The third kappa shape index (κ3) is 5.38. The van der Waals surface area contributed by atoms with E-state index in [1.807, 2.05) is 6.92 Å². The molecule has 0 aliphatic rings. The Hall–Kier alpha value is -1.91. The quantitative estimate of drug-likeness (QED) is 0.867. The van der Waals surface area contributed by atoms with E-state index in [9.17, 15) is 9.59 Å². The molecule has 0 radical (unpaired) electrons. The van der Waals surface area contributed by atoms with Crippen LogP contribution in [0.15, 0.2) is 18.3 Å². The zero-order chi connectivity index (χ0) is 15.3. The van der Waals surface area contributed by atoms with Gasteiger partial charge in [-0.2, -0.15) is 0 Å². The smallest absolute Gasteiger partial charge is 0.356 e. The molecule has 1 aromatic heterocycles. The number of rotatable bonds is 5. The molecule has 5 heteroatoms. The largest absolute Gasteiger partial charge is 0.476 e. The Balaban J connectivity index is 2.66. The summed E-state index contributed by atoms with van der Waals surface area (Å²) < 4.78 is 0. The Bertz CT molecular complexity index is 492. The first-order chi connectivity index (χ1) is 9.19. The third-order valence-corrected chi connectivity index (χ3v) is 2.78. The van der Waals surface area contributed by atoms with Crippen LogP contribution in [0.1, 0.15) is 51.0 Å². The molecule has 0 aliphatic carbocycles. The van der Waals surface area contributed by atoms with Crippen LogP contribution in [0, 0.1) is 11.3 Å². The number of hydrogen-bond acceptors (Lipinski definition) is 3. The van der Waals surface area contributed by atoms with Crippen molar-refractivity contribution in [3.8, 4) is 0 Å². The summed E-state index contributed by atoms with van der Waals surface area (Å²) in [6, 6.07) is 3.14. The molecule has 5 nitrogen and oxygen atoms in total. The molecule has 1 unspecified atom stereocenters. The van der Waals surface area contributed by atoms with Gasteiger partial charge in [-0.05, 0) is 29.9 Å². The van der Waals surface area contributed by atoms with Crippen molar-refractivity contribution in [2.75, 3.05) is 5.32 Å². The molecule has 20 heavy (non-hydrogen) atoms. The van der Waals surface area contributed by atoms with Crippen molar-refractivity contribution in [2.24, 2.45) is 11.3 Å². The van der Waals surface area contributed by atoms with Crippen LogP contribution in [0.4, 0.5) is 5.69 Å². The fraction of sp³-hybridized carbons (Fsp3) is 0.533. The van der Waals surface area contributed by atoms with E-state index in [1.54, 1.807) is 12.1 Å². The molecule has 1 atom stereocenters. The lowest BCUT2D eigenvalue weighted by Gasteiger charge is -2.22. The van der Waals surface area contributed by atoms with Gasteiger partial charge in [-0.25, -0.2) is 9.78 Å². The average Bonchev–Trinajstić information content (AvgIpc) is 2.26. The van der Waals surface area contributed by atoms with Gasteiger partial charge >= 0.3 is 5.97 Å². The summed E-state index contributed by atoms with van der Waals surface area (Å²) in [6.45, 7) is 8.41. The van der Waals surface area contributed by atoms with Crippen molar-refractivity contribution in [3.63, 3.8) is 0 Å². The highest BCUT2D eigenvalue weighted by atomic mass is 16.4. The highest BCUT2D eigenvalue weighted by Crippen LogP contribution is 2.26. The van der Waals surface area contributed by atoms with Crippen molar-refractivity contribution in [1.82, 2.24) is 4.98 Å². The molecule has 0 bridgehead atoms. The second-order valence-electron chi connectivity index (χ2n) is 6.33. The van der Waals surface area contributed by atoms with Crippen LogP contribution in [0.5, 0.6) is 0 Å². The first kappa shape index (κ1) is 16.1. The number of carbonyl (C=O) groups excluding carboxylic acids is 1. The monoisotopic (exact) mass is 278 g/mol. The highest BCUT2D eigenvalue weighted by Gasteiger charge is 2.19. The maximum absolute atomic E-state index is 12.0. The molecular weight excluding hydrogens is 256 g/mol. The maximum atomic E-state index is 12.0. The molecule has 0 saturated heterocycles. The van der Waals surface area contributed by atoms with E-state index in [1.165, 1.54) is 6.20 Å². The van der Waals surface area contributed by atoms with Crippen molar-refractivity contribution < 1.29 is 14.7 Å². The molecule has 0 aliphatic heterocycles. The number of carboxylic acids is 1. The van der Waals surface area contributed by atoms with Gasteiger partial charge in [-0.15, -0.1) is 0 Å². The van der Waals surface area contributed by atoms with E-state index >= 15 is 0 Å². The Morgan fingerprint density at radius 2 is 2.05 bits per heavy atom. The number of nitrogens with one attached hydrogen (secondary N) is 1. The minimum atomic E-state index is -1.15. The van der Waals surface area contributed by atoms with Crippen molar-refractivity contribution >= 4 is 17.6 Å². The third-order valence-electron chi connectivity index (χ3n) is 2.78. The average molecular weight is 278 g/mol. The molecule has 0 saturated carbocycles. The van der Waals surface area contributed by atoms with Gasteiger partial charge in [0.2, 0.25) is 5.91 Å². The van der Waals surface area contributed by atoms with Crippen LogP contribution in [-0.2, 0) is 4.79 Å². The molecule has 1 aromatic rings. The van der Waals surface area contributed by atoms with Crippen LogP contribution in [-0.4, -0.2) is 22.0 Å².